The summed E-state index contributed by atoms with van der Waals surface area (Å²) in [7, 11) is 1.90. The Morgan fingerprint density at radius 3 is 2.74 bits per heavy atom. The quantitative estimate of drug-likeness (QED) is 0.642. The maximum Gasteiger partial charge on any atom is 0.271 e. The highest BCUT2D eigenvalue weighted by molar-refractivity contribution is 5.91. The molecule has 0 unspecified atom stereocenters. The Hall–Kier alpha value is -3.42. The average Bonchev–Trinajstić information content (AvgIpc) is 3.09. The van der Waals surface area contributed by atoms with Crippen molar-refractivity contribution in [3.8, 4) is 5.75 Å². The molecule has 140 valence electrons. The Balaban J connectivity index is 1.54. The van der Waals surface area contributed by atoms with E-state index in [1.807, 2.05) is 48.1 Å². The minimum absolute atomic E-state index is 0.189. The zero-order valence-corrected chi connectivity index (χ0v) is 15.0. The van der Waals surface area contributed by atoms with Crippen LogP contribution in [-0.2, 0) is 20.0 Å². The lowest BCUT2D eigenvalue weighted by atomic mass is 10.3. The van der Waals surface area contributed by atoms with Gasteiger partial charge < -0.3 is 14.6 Å². The number of benzene rings is 1. The molecule has 0 saturated carbocycles. The third kappa shape index (κ3) is 5.04. The summed E-state index contributed by atoms with van der Waals surface area (Å²) in [5, 5.41) is 6.92. The molecule has 1 aromatic carbocycles. The molecule has 8 nitrogen and oxygen atoms in total. The number of carbonyl (C=O) groups is 1. The van der Waals surface area contributed by atoms with Crippen LogP contribution in [0.5, 0.6) is 5.75 Å². The fraction of sp³-hybridized carbons (Fsp3) is 0.263. The van der Waals surface area contributed by atoms with Crippen molar-refractivity contribution in [1.82, 2.24) is 24.6 Å². The van der Waals surface area contributed by atoms with Crippen molar-refractivity contribution in [2.45, 2.75) is 13.0 Å². The van der Waals surface area contributed by atoms with E-state index >= 15 is 0 Å². The molecule has 0 aliphatic rings. The predicted molar refractivity (Wildman–Crippen MR) is 99.7 cm³/mol. The number of carbonyl (C=O) groups excluding carboxylic acids is 1. The van der Waals surface area contributed by atoms with E-state index in [1.54, 1.807) is 6.20 Å². The predicted octanol–water partition coefficient (Wildman–Crippen LogP) is 1.03. The van der Waals surface area contributed by atoms with Gasteiger partial charge >= 0.3 is 0 Å². The Labute approximate surface area is 156 Å². The Bertz CT molecular complexity index is 949. The maximum atomic E-state index is 12.3. The van der Waals surface area contributed by atoms with Crippen molar-refractivity contribution in [1.29, 1.82) is 0 Å². The number of aromatic nitrogens is 4. The van der Waals surface area contributed by atoms with Gasteiger partial charge in [0.05, 0.1) is 6.54 Å². The Morgan fingerprint density at radius 2 is 2.00 bits per heavy atom. The van der Waals surface area contributed by atoms with Crippen molar-refractivity contribution >= 4 is 5.91 Å². The molecule has 0 radical (unpaired) electrons. The second kappa shape index (κ2) is 8.79. The van der Waals surface area contributed by atoms with E-state index < -0.39 is 0 Å². The van der Waals surface area contributed by atoms with Crippen LogP contribution < -0.4 is 15.6 Å². The van der Waals surface area contributed by atoms with Gasteiger partial charge in [-0.2, -0.15) is 5.10 Å². The topological polar surface area (TPSA) is 91.0 Å². The molecule has 2 aromatic heterocycles. The number of hydrogen-bond donors (Lipinski definition) is 1. The van der Waals surface area contributed by atoms with Crippen LogP contribution >= 0.6 is 0 Å². The molecule has 0 aliphatic heterocycles. The van der Waals surface area contributed by atoms with Crippen LogP contribution in [0.25, 0.3) is 0 Å². The summed E-state index contributed by atoms with van der Waals surface area (Å²) >= 11 is 0. The van der Waals surface area contributed by atoms with Gasteiger partial charge in [0.25, 0.3) is 11.5 Å². The van der Waals surface area contributed by atoms with Crippen LogP contribution in [0.15, 0.2) is 59.7 Å². The molecule has 3 aromatic rings. The van der Waals surface area contributed by atoms with Gasteiger partial charge in [-0.3, -0.25) is 9.59 Å². The third-order valence-corrected chi connectivity index (χ3v) is 3.97. The van der Waals surface area contributed by atoms with Gasteiger partial charge in [0.15, 0.2) is 0 Å². The largest absolute Gasteiger partial charge is 0.492 e. The molecule has 0 fully saturated rings. The summed E-state index contributed by atoms with van der Waals surface area (Å²) < 4.78 is 8.71. The minimum atomic E-state index is -0.332. The standard InChI is InChI=1S/C19H21N5O3/c1-23-12-11-20-17(23)9-10-21-19(26)16-7-8-18(25)24(22-16)13-14-27-15-5-3-2-4-6-15/h2-8,11-12H,9-10,13-14H2,1H3,(H,21,26). The smallest absolute Gasteiger partial charge is 0.271 e. The Morgan fingerprint density at radius 1 is 1.19 bits per heavy atom. The van der Waals surface area contributed by atoms with Crippen LogP contribution in [-0.4, -0.2) is 38.4 Å². The number of nitrogens with zero attached hydrogens (tertiary/aromatic N) is 4. The summed E-state index contributed by atoms with van der Waals surface area (Å²) in [5.41, 5.74) is -0.0922. The number of imidazole rings is 1. The van der Waals surface area contributed by atoms with Crippen LogP contribution in [0.2, 0.25) is 0 Å². The number of para-hydroxylation sites is 1. The minimum Gasteiger partial charge on any atom is -0.492 e. The van der Waals surface area contributed by atoms with Gasteiger partial charge in [-0.25, -0.2) is 9.67 Å². The average molecular weight is 367 g/mol. The molecule has 0 aliphatic carbocycles. The summed E-state index contributed by atoms with van der Waals surface area (Å²) in [5.74, 6) is 1.27. The Kier molecular flexibility index (Phi) is 5.98. The first-order valence-electron chi connectivity index (χ1n) is 8.64. The normalized spacial score (nSPS) is 10.6. The second-order valence-electron chi connectivity index (χ2n) is 5.90. The third-order valence-electron chi connectivity index (χ3n) is 3.97. The molecule has 0 bridgehead atoms. The van der Waals surface area contributed by atoms with Crippen LogP contribution in [0.1, 0.15) is 16.3 Å². The summed E-state index contributed by atoms with van der Waals surface area (Å²) in [6.07, 6.45) is 4.18. The molecule has 0 spiro atoms. The second-order valence-corrected chi connectivity index (χ2v) is 5.90. The lowest BCUT2D eigenvalue weighted by Gasteiger charge is -2.09. The van der Waals surface area contributed by atoms with Gasteiger partial charge in [-0.15, -0.1) is 0 Å². The monoisotopic (exact) mass is 367 g/mol. The van der Waals surface area contributed by atoms with E-state index in [1.165, 1.54) is 16.8 Å². The summed E-state index contributed by atoms with van der Waals surface area (Å²) in [6, 6.07) is 12.1. The van der Waals surface area contributed by atoms with Crippen molar-refractivity contribution in [2.24, 2.45) is 7.05 Å². The highest BCUT2D eigenvalue weighted by Gasteiger charge is 2.10. The number of hydrogen-bond acceptors (Lipinski definition) is 5. The molecular weight excluding hydrogens is 346 g/mol. The molecular formula is C19H21N5O3. The van der Waals surface area contributed by atoms with E-state index in [0.717, 1.165) is 5.82 Å². The van der Waals surface area contributed by atoms with E-state index in [-0.39, 0.29) is 30.3 Å². The van der Waals surface area contributed by atoms with E-state index in [0.29, 0.717) is 18.7 Å². The lowest BCUT2D eigenvalue weighted by molar-refractivity contribution is 0.0946. The molecule has 3 rings (SSSR count). The number of amides is 1. The first-order chi connectivity index (χ1) is 13.1. The van der Waals surface area contributed by atoms with Gasteiger partial charge in [0.2, 0.25) is 0 Å². The first kappa shape index (κ1) is 18.4. The highest BCUT2D eigenvalue weighted by atomic mass is 16.5. The van der Waals surface area contributed by atoms with Crippen molar-refractivity contribution < 1.29 is 9.53 Å². The van der Waals surface area contributed by atoms with E-state index in [2.05, 4.69) is 15.4 Å². The lowest BCUT2D eigenvalue weighted by Crippen LogP contribution is -2.31. The fourth-order valence-corrected chi connectivity index (χ4v) is 2.51. The molecule has 27 heavy (non-hydrogen) atoms. The van der Waals surface area contributed by atoms with Crippen molar-refractivity contribution in [3.05, 3.63) is 76.7 Å². The first-order valence-corrected chi connectivity index (χ1v) is 8.64. The maximum absolute atomic E-state index is 12.3. The van der Waals surface area contributed by atoms with Crippen LogP contribution in [0.4, 0.5) is 0 Å². The molecule has 1 N–H and O–H groups in total. The van der Waals surface area contributed by atoms with Gasteiger partial charge in [0, 0.05) is 38.5 Å². The molecule has 8 heteroatoms. The van der Waals surface area contributed by atoms with E-state index in [4.69, 9.17) is 4.74 Å². The van der Waals surface area contributed by atoms with Crippen LogP contribution in [0, 0.1) is 0 Å². The number of aryl methyl sites for hydroxylation is 1. The summed E-state index contributed by atoms with van der Waals surface area (Å²) in [4.78, 5) is 28.4. The highest BCUT2D eigenvalue weighted by Crippen LogP contribution is 2.07. The molecule has 1 amide bonds. The van der Waals surface area contributed by atoms with Gasteiger partial charge in [0.1, 0.15) is 23.9 Å². The van der Waals surface area contributed by atoms with Crippen molar-refractivity contribution in [2.75, 3.05) is 13.2 Å². The van der Waals surface area contributed by atoms with Gasteiger partial charge in [-0.05, 0) is 18.2 Å². The number of ether oxygens (including phenoxy) is 1. The fourth-order valence-electron chi connectivity index (χ4n) is 2.51. The van der Waals surface area contributed by atoms with Crippen molar-refractivity contribution in [3.63, 3.8) is 0 Å². The SMILES string of the molecule is Cn1ccnc1CCNC(=O)c1ccc(=O)n(CCOc2ccccc2)n1. The zero-order valence-electron chi connectivity index (χ0n) is 15.0. The molecule has 0 atom stereocenters. The molecule has 2 heterocycles. The molecule has 0 saturated heterocycles. The zero-order chi connectivity index (χ0) is 19.1. The number of rotatable bonds is 8. The summed E-state index contributed by atoms with van der Waals surface area (Å²) in [6.45, 7) is 0.963. The van der Waals surface area contributed by atoms with E-state index in [9.17, 15) is 9.59 Å². The van der Waals surface area contributed by atoms with Crippen LogP contribution in [0.3, 0.4) is 0 Å². The number of nitrogens with one attached hydrogen (secondary N) is 1. The van der Waals surface area contributed by atoms with Gasteiger partial charge in [-0.1, -0.05) is 18.2 Å².